The minimum absolute atomic E-state index is 0.334. The van der Waals surface area contributed by atoms with Crippen LogP contribution in [0.1, 0.15) is 40.7 Å². The van der Waals surface area contributed by atoms with Crippen molar-refractivity contribution in [2.24, 2.45) is 0 Å². The highest BCUT2D eigenvalue weighted by Crippen LogP contribution is 2.14. The molecule has 1 aromatic carbocycles. The molecule has 100 valence electrons. The Balaban J connectivity index is 2.23. The Kier molecular flexibility index (Phi) is 4.00. The molecular formula is C15H18N2O2. The highest BCUT2D eigenvalue weighted by atomic mass is 16.4. The van der Waals surface area contributed by atoms with Gasteiger partial charge in [0.2, 0.25) is 0 Å². The lowest BCUT2D eigenvalue weighted by Crippen LogP contribution is -2.06. The Morgan fingerprint density at radius 2 is 2.21 bits per heavy atom. The van der Waals surface area contributed by atoms with Crippen molar-refractivity contribution < 1.29 is 9.90 Å². The van der Waals surface area contributed by atoms with Gasteiger partial charge in [0.05, 0.1) is 5.56 Å². The van der Waals surface area contributed by atoms with Gasteiger partial charge in [0.25, 0.3) is 0 Å². The molecule has 0 radical (unpaired) electrons. The van der Waals surface area contributed by atoms with E-state index in [9.17, 15) is 4.79 Å². The quantitative estimate of drug-likeness (QED) is 0.897. The Morgan fingerprint density at radius 3 is 2.84 bits per heavy atom. The van der Waals surface area contributed by atoms with E-state index in [1.807, 2.05) is 25.4 Å². The van der Waals surface area contributed by atoms with Crippen LogP contribution in [0.4, 0.5) is 0 Å². The van der Waals surface area contributed by atoms with Crippen molar-refractivity contribution in [3.63, 3.8) is 0 Å². The molecule has 0 aliphatic heterocycles. The number of hydrogen-bond acceptors (Lipinski definition) is 2. The Labute approximate surface area is 112 Å². The van der Waals surface area contributed by atoms with E-state index >= 15 is 0 Å². The minimum atomic E-state index is -0.885. The van der Waals surface area contributed by atoms with Crippen LogP contribution < -0.4 is 0 Å². The number of aromatic nitrogens is 2. The van der Waals surface area contributed by atoms with E-state index in [1.54, 1.807) is 12.1 Å². The van der Waals surface area contributed by atoms with Gasteiger partial charge in [-0.2, -0.15) is 0 Å². The molecule has 1 N–H and O–H groups in total. The average Bonchev–Trinajstić information content (AvgIpc) is 2.79. The molecule has 0 amide bonds. The van der Waals surface area contributed by atoms with Gasteiger partial charge in [-0.25, -0.2) is 9.78 Å². The molecule has 0 saturated heterocycles. The molecule has 2 aromatic rings. The SMILES string of the molecule is CCCc1nccn1Cc1ccc(C(=O)O)cc1C. The van der Waals surface area contributed by atoms with Gasteiger partial charge in [-0.15, -0.1) is 0 Å². The number of carboxylic acid groups (broad SMARTS) is 1. The fourth-order valence-corrected chi connectivity index (χ4v) is 2.13. The molecule has 0 unspecified atom stereocenters. The normalized spacial score (nSPS) is 10.6. The average molecular weight is 258 g/mol. The molecule has 0 aliphatic rings. The number of imidazole rings is 1. The van der Waals surface area contributed by atoms with Gasteiger partial charge in [0.1, 0.15) is 5.82 Å². The monoisotopic (exact) mass is 258 g/mol. The summed E-state index contributed by atoms with van der Waals surface area (Å²) in [4.78, 5) is 15.3. The standard InChI is InChI=1S/C15H18N2O2/c1-3-4-14-16-7-8-17(14)10-13-6-5-12(15(18)19)9-11(13)2/h5-9H,3-4,10H2,1-2H3,(H,18,19). The third-order valence-electron chi connectivity index (χ3n) is 3.21. The highest BCUT2D eigenvalue weighted by molar-refractivity contribution is 5.87. The summed E-state index contributed by atoms with van der Waals surface area (Å²) in [6.45, 7) is 4.81. The molecule has 19 heavy (non-hydrogen) atoms. The van der Waals surface area contributed by atoms with Gasteiger partial charge < -0.3 is 9.67 Å². The largest absolute Gasteiger partial charge is 0.478 e. The van der Waals surface area contributed by atoms with E-state index in [0.717, 1.165) is 36.3 Å². The molecule has 0 saturated carbocycles. The van der Waals surface area contributed by atoms with Crippen molar-refractivity contribution >= 4 is 5.97 Å². The third kappa shape index (κ3) is 3.02. The smallest absolute Gasteiger partial charge is 0.335 e. The molecule has 0 fully saturated rings. The van der Waals surface area contributed by atoms with Gasteiger partial charge in [0.15, 0.2) is 0 Å². The Hall–Kier alpha value is -2.10. The van der Waals surface area contributed by atoms with E-state index in [2.05, 4.69) is 16.5 Å². The van der Waals surface area contributed by atoms with Gasteiger partial charge in [0, 0.05) is 25.4 Å². The number of aryl methyl sites for hydroxylation is 2. The second-order valence-corrected chi connectivity index (χ2v) is 4.67. The zero-order valence-electron chi connectivity index (χ0n) is 11.3. The first-order valence-electron chi connectivity index (χ1n) is 6.44. The van der Waals surface area contributed by atoms with Crippen molar-refractivity contribution in [1.82, 2.24) is 9.55 Å². The summed E-state index contributed by atoms with van der Waals surface area (Å²) in [6, 6.07) is 5.25. The van der Waals surface area contributed by atoms with Gasteiger partial charge >= 0.3 is 5.97 Å². The van der Waals surface area contributed by atoms with Crippen molar-refractivity contribution in [2.45, 2.75) is 33.2 Å². The van der Waals surface area contributed by atoms with Crippen LogP contribution in [0.2, 0.25) is 0 Å². The minimum Gasteiger partial charge on any atom is -0.478 e. The summed E-state index contributed by atoms with van der Waals surface area (Å²) in [6.07, 6.45) is 5.80. The maximum absolute atomic E-state index is 10.9. The van der Waals surface area contributed by atoms with Crippen LogP contribution in [0.15, 0.2) is 30.6 Å². The zero-order chi connectivity index (χ0) is 13.8. The number of nitrogens with zero attached hydrogens (tertiary/aromatic N) is 2. The number of benzene rings is 1. The number of rotatable bonds is 5. The van der Waals surface area contributed by atoms with Gasteiger partial charge in [-0.05, 0) is 36.6 Å². The first-order valence-corrected chi connectivity index (χ1v) is 6.44. The summed E-state index contributed by atoms with van der Waals surface area (Å²) in [5.74, 6) is 0.188. The molecule has 1 heterocycles. The first-order chi connectivity index (χ1) is 9.11. The second kappa shape index (κ2) is 5.69. The van der Waals surface area contributed by atoms with Crippen LogP contribution >= 0.6 is 0 Å². The number of carboxylic acids is 1. The topological polar surface area (TPSA) is 55.1 Å². The molecule has 0 atom stereocenters. The van der Waals surface area contributed by atoms with Crippen LogP contribution in [0, 0.1) is 6.92 Å². The van der Waals surface area contributed by atoms with Gasteiger partial charge in [-0.1, -0.05) is 13.0 Å². The lowest BCUT2D eigenvalue weighted by Gasteiger charge is -2.10. The summed E-state index contributed by atoms with van der Waals surface area (Å²) >= 11 is 0. The maximum atomic E-state index is 10.9. The van der Waals surface area contributed by atoms with Crippen molar-refractivity contribution in [3.05, 3.63) is 53.1 Å². The van der Waals surface area contributed by atoms with Gasteiger partial charge in [-0.3, -0.25) is 0 Å². The Morgan fingerprint density at radius 1 is 1.42 bits per heavy atom. The summed E-state index contributed by atoms with van der Waals surface area (Å²) in [5.41, 5.74) is 2.46. The van der Waals surface area contributed by atoms with Crippen LogP contribution in [0.5, 0.6) is 0 Å². The lowest BCUT2D eigenvalue weighted by atomic mass is 10.0. The summed E-state index contributed by atoms with van der Waals surface area (Å²) < 4.78 is 2.12. The zero-order valence-corrected chi connectivity index (χ0v) is 11.3. The molecule has 0 aliphatic carbocycles. The maximum Gasteiger partial charge on any atom is 0.335 e. The van der Waals surface area contributed by atoms with E-state index < -0.39 is 5.97 Å². The van der Waals surface area contributed by atoms with E-state index in [4.69, 9.17) is 5.11 Å². The lowest BCUT2D eigenvalue weighted by molar-refractivity contribution is 0.0697. The van der Waals surface area contributed by atoms with E-state index in [0.29, 0.717) is 5.56 Å². The van der Waals surface area contributed by atoms with Crippen molar-refractivity contribution in [2.75, 3.05) is 0 Å². The molecule has 4 nitrogen and oxygen atoms in total. The molecule has 4 heteroatoms. The fraction of sp³-hybridized carbons (Fsp3) is 0.333. The summed E-state index contributed by atoms with van der Waals surface area (Å²) in [7, 11) is 0. The van der Waals surface area contributed by atoms with Crippen LogP contribution in [0.25, 0.3) is 0 Å². The predicted molar refractivity (Wildman–Crippen MR) is 73.5 cm³/mol. The fourth-order valence-electron chi connectivity index (χ4n) is 2.13. The molecule has 0 bridgehead atoms. The van der Waals surface area contributed by atoms with Crippen LogP contribution in [-0.2, 0) is 13.0 Å². The Bertz CT molecular complexity index is 588. The van der Waals surface area contributed by atoms with Crippen molar-refractivity contribution in [3.8, 4) is 0 Å². The molecule has 2 rings (SSSR count). The second-order valence-electron chi connectivity index (χ2n) is 4.67. The van der Waals surface area contributed by atoms with E-state index in [-0.39, 0.29) is 0 Å². The summed E-state index contributed by atoms with van der Waals surface area (Å²) in [5, 5.41) is 8.96. The van der Waals surface area contributed by atoms with E-state index in [1.165, 1.54) is 0 Å². The third-order valence-corrected chi connectivity index (χ3v) is 3.21. The number of aromatic carboxylic acids is 1. The molecule has 1 aromatic heterocycles. The predicted octanol–water partition coefficient (Wildman–Crippen LogP) is 2.89. The first kappa shape index (κ1) is 13.3. The molecular weight excluding hydrogens is 240 g/mol. The van der Waals surface area contributed by atoms with Crippen LogP contribution in [-0.4, -0.2) is 20.6 Å². The number of carbonyl (C=O) groups is 1. The number of hydrogen-bond donors (Lipinski definition) is 1. The molecule has 0 spiro atoms. The highest BCUT2D eigenvalue weighted by Gasteiger charge is 2.08. The van der Waals surface area contributed by atoms with Crippen LogP contribution in [0.3, 0.4) is 0 Å². The van der Waals surface area contributed by atoms with Crippen molar-refractivity contribution in [1.29, 1.82) is 0 Å².